The zero-order valence-corrected chi connectivity index (χ0v) is 12.5. The summed E-state index contributed by atoms with van der Waals surface area (Å²) in [5.74, 6) is 0.845. The number of ether oxygens (including phenoxy) is 1. The largest absolute Gasteiger partial charge is 0.496 e. The highest BCUT2D eigenvalue weighted by Crippen LogP contribution is 2.38. The molecule has 0 bridgehead atoms. The first kappa shape index (κ1) is 12.9. The number of rotatable bonds is 2. The highest BCUT2D eigenvalue weighted by molar-refractivity contribution is 7.13. The Bertz CT molecular complexity index is 793. The summed E-state index contributed by atoms with van der Waals surface area (Å²) >= 11 is 1.47. The van der Waals surface area contributed by atoms with E-state index in [1.807, 2.05) is 25.1 Å². The molecule has 0 amide bonds. The number of benzene rings is 2. The molecule has 1 heterocycles. The van der Waals surface area contributed by atoms with Crippen molar-refractivity contribution in [1.29, 1.82) is 0 Å². The number of nitrogen functional groups attached to an aromatic ring is 1. The average molecular weight is 284 g/mol. The van der Waals surface area contributed by atoms with E-state index in [1.54, 1.807) is 7.11 Å². The number of hydrogen-bond donors (Lipinski definition) is 1. The van der Waals surface area contributed by atoms with Crippen LogP contribution in [0.4, 0.5) is 5.69 Å². The fourth-order valence-corrected chi connectivity index (χ4v) is 3.13. The number of anilines is 1. The summed E-state index contributed by atoms with van der Waals surface area (Å²) in [6, 6.07) is 10.2. The third-order valence-electron chi connectivity index (χ3n) is 3.47. The van der Waals surface area contributed by atoms with E-state index in [9.17, 15) is 0 Å². The molecule has 0 radical (unpaired) electrons. The van der Waals surface area contributed by atoms with Gasteiger partial charge in [0.05, 0.1) is 17.5 Å². The molecule has 3 rings (SSSR count). The van der Waals surface area contributed by atoms with Crippen LogP contribution < -0.4 is 10.5 Å². The minimum absolute atomic E-state index is 0.809. The van der Waals surface area contributed by atoms with Crippen LogP contribution in [0.2, 0.25) is 0 Å². The number of fused-ring (bicyclic) bond motifs is 1. The molecule has 0 atom stereocenters. The van der Waals surface area contributed by atoms with Crippen LogP contribution in [0.3, 0.4) is 0 Å². The van der Waals surface area contributed by atoms with Crippen LogP contribution >= 0.6 is 11.5 Å². The molecule has 0 spiro atoms. The van der Waals surface area contributed by atoms with Crippen molar-refractivity contribution in [2.75, 3.05) is 12.8 Å². The van der Waals surface area contributed by atoms with Gasteiger partial charge in [0.25, 0.3) is 0 Å². The molecule has 0 aliphatic rings. The summed E-state index contributed by atoms with van der Waals surface area (Å²) in [7, 11) is 1.69. The lowest BCUT2D eigenvalue weighted by Gasteiger charge is -2.08. The minimum Gasteiger partial charge on any atom is -0.496 e. The van der Waals surface area contributed by atoms with Gasteiger partial charge in [-0.25, -0.2) is 0 Å². The lowest BCUT2D eigenvalue weighted by Crippen LogP contribution is -1.91. The molecule has 3 nitrogen and oxygen atoms in total. The summed E-state index contributed by atoms with van der Waals surface area (Å²) in [6.45, 7) is 4.09. The summed E-state index contributed by atoms with van der Waals surface area (Å²) in [5, 5.41) is 1.13. The third kappa shape index (κ3) is 2.02. The van der Waals surface area contributed by atoms with Crippen molar-refractivity contribution in [3.05, 3.63) is 41.5 Å². The Labute approximate surface area is 122 Å². The van der Waals surface area contributed by atoms with Crippen molar-refractivity contribution in [3.8, 4) is 17.0 Å². The zero-order valence-electron chi connectivity index (χ0n) is 11.7. The molecular weight excluding hydrogens is 268 g/mol. The summed E-state index contributed by atoms with van der Waals surface area (Å²) < 4.78 is 11.2. The van der Waals surface area contributed by atoms with Crippen molar-refractivity contribution >= 4 is 27.3 Å². The minimum atomic E-state index is 0.809. The van der Waals surface area contributed by atoms with Crippen LogP contribution in [-0.2, 0) is 0 Å². The number of aromatic nitrogens is 1. The normalized spacial score (nSPS) is 10.9. The van der Waals surface area contributed by atoms with Gasteiger partial charge in [0.15, 0.2) is 0 Å². The molecule has 2 N–H and O–H groups in total. The second-order valence-electron chi connectivity index (χ2n) is 4.94. The van der Waals surface area contributed by atoms with Gasteiger partial charge >= 0.3 is 0 Å². The molecule has 102 valence electrons. The Hall–Kier alpha value is -2.07. The molecule has 1 aromatic heterocycles. The zero-order chi connectivity index (χ0) is 14.3. The predicted molar refractivity (Wildman–Crippen MR) is 85.5 cm³/mol. The maximum Gasteiger partial charge on any atom is 0.128 e. The summed E-state index contributed by atoms with van der Waals surface area (Å²) in [5.41, 5.74) is 11.0. The molecule has 0 aliphatic carbocycles. The fourth-order valence-electron chi connectivity index (χ4n) is 2.31. The van der Waals surface area contributed by atoms with E-state index in [0.29, 0.717) is 0 Å². The topological polar surface area (TPSA) is 48.1 Å². The molecule has 4 heteroatoms. The van der Waals surface area contributed by atoms with Gasteiger partial charge in [-0.2, -0.15) is 4.37 Å². The number of methoxy groups -OCH3 is 1. The standard InChI is InChI=1S/C16H16N2OS/c1-9-4-5-14(19-3)11(6-9)16-12-7-10(2)13(17)8-15(12)20-18-16/h4-8H,17H2,1-3H3. The molecule has 0 saturated carbocycles. The van der Waals surface area contributed by atoms with Crippen LogP contribution in [0, 0.1) is 13.8 Å². The number of nitrogens with two attached hydrogens (primary N) is 1. The Morgan fingerprint density at radius 3 is 2.70 bits per heavy atom. The van der Waals surface area contributed by atoms with Crippen molar-refractivity contribution in [1.82, 2.24) is 4.37 Å². The van der Waals surface area contributed by atoms with E-state index < -0.39 is 0 Å². The van der Waals surface area contributed by atoms with Crippen LogP contribution in [0.1, 0.15) is 11.1 Å². The fraction of sp³-hybridized carbons (Fsp3) is 0.188. The monoisotopic (exact) mass is 284 g/mol. The van der Waals surface area contributed by atoms with Crippen LogP contribution in [0.5, 0.6) is 5.75 Å². The first-order chi connectivity index (χ1) is 9.60. The molecule has 0 saturated heterocycles. The Kier molecular flexibility index (Phi) is 3.10. The average Bonchev–Trinajstić information content (AvgIpc) is 2.82. The van der Waals surface area contributed by atoms with Crippen LogP contribution in [-0.4, -0.2) is 11.5 Å². The second kappa shape index (κ2) is 4.80. The van der Waals surface area contributed by atoms with Crippen LogP contribution in [0.25, 0.3) is 21.3 Å². The lowest BCUT2D eigenvalue weighted by atomic mass is 10.0. The van der Waals surface area contributed by atoms with Crippen molar-refractivity contribution in [2.24, 2.45) is 0 Å². The molecule has 0 unspecified atom stereocenters. The Balaban J connectivity index is 2.30. The van der Waals surface area contributed by atoms with Crippen molar-refractivity contribution in [3.63, 3.8) is 0 Å². The number of aryl methyl sites for hydroxylation is 2. The van der Waals surface area contributed by atoms with Crippen molar-refractivity contribution in [2.45, 2.75) is 13.8 Å². The highest BCUT2D eigenvalue weighted by atomic mass is 32.1. The predicted octanol–water partition coefficient (Wildman–Crippen LogP) is 4.17. The molecular formula is C16H16N2OS. The Morgan fingerprint density at radius 1 is 1.15 bits per heavy atom. The van der Waals surface area contributed by atoms with E-state index >= 15 is 0 Å². The van der Waals surface area contributed by atoms with E-state index in [0.717, 1.165) is 38.3 Å². The Morgan fingerprint density at radius 2 is 1.95 bits per heavy atom. The quantitative estimate of drug-likeness (QED) is 0.718. The number of nitrogens with zero attached hydrogens (tertiary/aromatic N) is 1. The lowest BCUT2D eigenvalue weighted by molar-refractivity contribution is 0.416. The molecule has 0 aliphatic heterocycles. The molecule has 0 fully saturated rings. The summed E-state index contributed by atoms with van der Waals surface area (Å²) in [6.07, 6.45) is 0. The van der Waals surface area contributed by atoms with Crippen molar-refractivity contribution < 1.29 is 4.74 Å². The number of hydrogen-bond acceptors (Lipinski definition) is 4. The first-order valence-electron chi connectivity index (χ1n) is 6.40. The molecule has 3 aromatic rings. The van der Waals surface area contributed by atoms with Gasteiger partial charge in [0.2, 0.25) is 0 Å². The highest BCUT2D eigenvalue weighted by Gasteiger charge is 2.14. The second-order valence-corrected chi connectivity index (χ2v) is 5.74. The summed E-state index contributed by atoms with van der Waals surface area (Å²) in [4.78, 5) is 0. The van der Waals surface area contributed by atoms with E-state index in [-0.39, 0.29) is 0 Å². The first-order valence-corrected chi connectivity index (χ1v) is 7.18. The SMILES string of the molecule is COc1ccc(C)cc1-c1nsc2cc(N)c(C)cc12. The van der Waals surface area contributed by atoms with E-state index in [4.69, 9.17) is 10.5 Å². The maximum atomic E-state index is 5.97. The van der Waals surface area contributed by atoms with Gasteiger partial charge in [-0.3, -0.25) is 0 Å². The van der Waals surface area contributed by atoms with Gasteiger partial charge < -0.3 is 10.5 Å². The van der Waals surface area contributed by atoms with Gasteiger partial charge in [-0.15, -0.1) is 0 Å². The molecule has 2 aromatic carbocycles. The van der Waals surface area contributed by atoms with E-state index in [2.05, 4.69) is 23.4 Å². The van der Waals surface area contributed by atoms with Gasteiger partial charge in [-0.05, 0) is 55.2 Å². The third-order valence-corrected chi connectivity index (χ3v) is 4.28. The van der Waals surface area contributed by atoms with Gasteiger partial charge in [0, 0.05) is 16.6 Å². The molecule has 20 heavy (non-hydrogen) atoms. The van der Waals surface area contributed by atoms with Gasteiger partial charge in [0.1, 0.15) is 5.75 Å². The van der Waals surface area contributed by atoms with E-state index in [1.165, 1.54) is 17.1 Å². The maximum absolute atomic E-state index is 5.97. The van der Waals surface area contributed by atoms with Gasteiger partial charge in [-0.1, -0.05) is 11.6 Å². The van der Waals surface area contributed by atoms with Crippen LogP contribution in [0.15, 0.2) is 30.3 Å². The smallest absolute Gasteiger partial charge is 0.128 e.